The summed E-state index contributed by atoms with van der Waals surface area (Å²) in [5.41, 5.74) is 0.547. The number of amides is 1. The first kappa shape index (κ1) is 24.8. The normalized spacial score (nSPS) is 11.7. The molecule has 31 heavy (non-hydrogen) atoms. The van der Waals surface area contributed by atoms with E-state index in [1.54, 1.807) is 32.9 Å². The van der Waals surface area contributed by atoms with Gasteiger partial charge in [-0.15, -0.1) is 0 Å². The molecule has 1 N–H and O–H groups in total. The molecule has 0 atom stereocenters. The lowest BCUT2D eigenvalue weighted by Gasteiger charge is -2.19. The third-order valence-electron chi connectivity index (χ3n) is 4.01. The van der Waals surface area contributed by atoms with Gasteiger partial charge in [-0.25, -0.2) is 9.18 Å². The molecule has 10 heteroatoms. The first-order valence-corrected chi connectivity index (χ1v) is 11.6. The molecule has 0 fully saturated rings. The highest BCUT2D eigenvalue weighted by molar-refractivity contribution is 9.10. The van der Waals surface area contributed by atoms with Crippen LogP contribution in [0.4, 0.5) is 9.18 Å². The van der Waals surface area contributed by atoms with E-state index in [1.165, 1.54) is 25.3 Å². The summed E-state index contributed by atoms with van der Waals surface area (Å²) < 4.78 is 47.5. The summed E-state index contributed by atoms with van der Waals surface area (Å²) in [5.74, 6) is -1.39. The van der Waals surface area contributed by atoms with E-state index in [-0.39, 0.29) is 23.5 Å². The lowest BCUT2D eigenvalue weighted by atomic mass is 10.0. The van der Waals surface area contributed by atoms with Gasteiger partial charge in [-0.05, 0) is 63.1 Å². The molecular weight excluding hydrogens is 493 g/mol. The number of benzene rings is 2. The van der Waals surface area contributed by atoms with Crippen LogP contribution >= 0.6 is 15.9 Å². The summed E-state index contributed by atoms with van der Waals surface area (Å²) in [7, 11) is -2.78. The third-order valence-corrected chi connectivity index (χ3v) is 5.78. The SMILES string of the molecule is COc1cc(C(=O)c2ccc(CCS(=O)(=O)OC(=O)NC(C)(C)C)cc2Br)ccc1F. The maximum atomic E-state index is 13.6. The number of rotatable bonds is 7. The van der Waals surface area contributed by atoms with Gasteiger partial charge < -0.3 is 14.2 Å². The van der Waals surface area contributed by atoms with E-state index < -0.39 is 33.3 Å². The predicted octanol–water partition coefficient (Wildman–Crippen LogP) is 4.22. The van der Waals surface area contributed by atoms with Crippen LogP contribution in [-0.2, 0) is 20.7 Å². The van der Waals surface area contributed by atoms with Crippen LogP contribution in [-0.4, -0.2) is 38.7 Å². The van der Waals surface area contributed by atoms with Gasteiger partial charge in [-0.1, -0.05) is 22.0 Å². The number of halogens is 2. The molecule has 0 saturated heterocycles. The molecule has 2 aromatic rings. The van der Waals surface area contributed by atoms with Gasteiger partial charge in [0.1, 0.15) is 0 Å². The van der Waals surface area contributed by atoms with Gasteiger partial charge in [0.2, 0.25) is 0 Å². The molecule has 0 bridgehead atoms. The van der Waals surface area contributed by atoms with Gasteiger partial charge in [0.05, 0.1) is 12.9 Å². The summed E-state index contributed by atoms with van der Waals surface area (Å²) >= 11 is 3.32. The maximum Gasteiger partial charge on any atom is 0.423 e. The van der Waals surface area contributed by atoms with Crippen LogP contribution < -0.4 is 10.1 Å². The number of methoxy groups -OCH3 is 1. The van der Waals surface area contributed by atoms with Gasteiger partial charge in [-0.3, -0.25) is 4.79 Å². The number of aryl methyl sites for hydroxylation is 1. The second-order valence-electron chi connectivity index (χ2n) is 7.75. The molecule has 0 aliphatic rings. The Hall–Kier alpha value is -2.46. The summed E-state index contributed by atoms with van der Waals surface area (Å²) in [6.07, 6.45) is -0.966. The van der Waals surface area contributed by atoms with E-state index in [4.69, 9.17) is 4.74 Å². The topological polar surface area (TPSA) is 98.8 Å². The summed E-state index contributed by atoms with van der Waals surface area (Å²) in [6.45, 7) is 5.09. The van der Waals surface area contributed by atoms with Crippen molar-refractivity contribution in [1.29, 1.82) is 0 Å². The molecule has 0 heterocycles. The number of hydrogen-bond acceptors (Lipinski definition) is 6. The van der Waals surface area contributed by atoms with Crippen LogP contribution in [0.2, 0.25) is 0 Å². The van der Waals surface area contributed by atoms with Crippen LogP contribution in [0.25, 0.3) is 0 Å². The zero-order valence-electron chi connectivity index (χ0n) is 17.5. The number of carbonyl (C=O) groups excluding carboxylic acids is 2. The van der Waals surface area contributed by atoms with E-state index in [2.05, 4.69) is 25.4 Å². The Kier molecular flexibility index (Phi) is 7.82. The summed E-state index contributed by atoms with van der Waals surface area (Å²) in [4.78, 5) is 24.4. The first-order chi connectivity index (χ1) is 14.3. The van der Waals surface area contributed by atoms with E-state index >= 15 is 0 Å². The number of ketones is 1. The molecule has 168 valence electrons. The molecule has 0 aliphatic heterocycles. The predicted molar refractivity (Wildman–Crippen MR) is 117 cm³/mol. The molecule has 0 aliphatic carbocycles. The minimum atomic E-state index is -4.09. The summed E-state index contributed by atoms with van der Waals surface area (Å²) in [5, 5.41) is 2.41. The van der Waals surface area contributed by atoms with E-state index in [0.29, 0.717) is 15.6 Å². The summed E-state index contributed by atoms with van der Waals surface area (Å²) in [6, 6.07) is 8.56. The van der Waals surface area contributed by atoms with Crippen molar-refractivity contribution in [1.82, 2.24) is 5.32 Å². The van der Waals surface area contributed by atoms with Crippen molar-refractivity contribution in [2.24, 2.45) is 0 Å². The van der Waals surface area contributed by atoms with Crippen molar-refractivity contribution in [3.05, 3.63) is 63.4 Å². The maximum absolute atomic E-state index is 13.6. The van der Waals surface area contributed by atoms with Gasteiger partial charge in [0, 0.05) is 21.1 Å². The zero-order chi connectivity index (χ0) is 23.4. The molecule has 0 aromatic heterocycles. The molecule has 0 unspecified atom stereocenters. The average molecular weight is 516 g/mol. The molecule has 1 amide bonds. The fourth-order valence-electron chi connectivity index (χ4n) is 2.58. The monoisotopic (exact) mass is 515 g/mol. The number of carbonyl (C=O) groups is 2. The first-order valence-electron chi connectivity index (χ1n) is 9.22. The van der Waals surface area contributed by atoms with Crippen molar-refractivity contribution in [3.63, 3.8) is 0 Å². The standard InChI is InChI=1S/C21H23BrFNO6S/c1-21(2,3)24-20(26)30-31(27,28)10-9-13-5-7-15(16(22)11-13)19(25)14-6-8-17(23)18(12-14)29-4/h5-8,11-12H,9-10H2,1-4H3,(H,24,26). The quantitative estimate of drug-likeness (QED) is 0.437. The minimum absolute atomic E-state index is 0.0423. The highest BCUT2D eigenvalue weighted by Crippen LogP contribution is 2.25. The third kappa shape index (κ3) is 7.32. The Morgan fingerprint density at radius 1 is 1.13 bits per heavy atom. The largest absolute Gasteiger partial charge is 0.494 e. The molecule has 0 saturated carbocycles. The van der Waals surface area contributed by atoms with Crippen molar-refractivity contribution < 1.29 is 31.3 Å². The average Bonchev–Trinajstić information content (AvgIpc) is 2.64. The Morgan fingerprint density at radius 3 is 2.39 bits per heavy atom. The van der Waals surface area contributed by atoms with E-state index in [1.807, 2.05) is 0 Å². The van der Waals surface area contributed by atoms with Crippen LogP contribution in [0.5, 0.6) is 5.75 Å². The molecule has 7 nitrogen and oxygen atoms in total. The van der Waals surface area contributed by atoms with E-state index in [9.17, 15) is 22.4 Å². The van der Waals surface area contributed by atoms with Gasteiger partial charge in [0.15, 0.2) is 17.3 Å². The number of ether oxygens (including phenoxy) is 1. The molecule has 2 rings (SSSR count). The number of hydrogen-bond donors (Lipinski definition) is 1. The highest BCUT2D eigenvalue weighted by atomic mass is 79.9. The van der Waals surface area contributed by atoms with Crippen LogP contribution in [0, 0.1) is 5.82 Å². The van der Waals surface area contributed by atoms with Crippen LogP contribution in [0.3, 0.4) is 0 Å². The lowest BCUT2D eigenvalue weighted by molar-refractivity contribution is 0.103. The van der Waals surface area contributed by atoms with Crippen molar-refractivity contribution in [3.8, 4) is 5.75 Å². The lowest BCUT2D eigenvalue weighted by Crippen LogP contribution is -2.42. The number of nitrogens with one attached hydrogen (secondary N) is 1. The molecular formula is C21H23BrFNO6S. The van der Waals surface area contributed by atoms with E-state index in [0.717, 1.165) is 6.07 Å². The fraction of sp³-hybridized carbons (Fsp3) is 0.333. The van der Waals surface area contributed by atoms with Crippen LogP contribution in [0.1, 0.15) is 42.3 Å². The van der Waals surface area contributed by atoms with Gasteiger partial charge in [0.25, 0.3) is 0 Å². The second kappa shape index (κ2) is 9.78. The van der Waals surface area contributed by atoms with Crippen LogP contribution in [0.15, 0.2) is 40.9 Å². The zero-order valence-corrected chi connectivity index (χ0v) is 19.9. The Labute approximate surface area is 189 Å². The molecule has 2 aromatic carbocycles. The highest BCUT2D eigenvalue weighted by Gasteiger charge is 2.22. The smallest absolute Gasteiger partial charge is 0.423 e. The Balaban J connectivity index is 2.09. The van der Waals surface area contributed by atoms with Crippen molar-refractivity contribution in [2.45, 2.75) is 32.7 Å². The second-order valence-corrected chi connectivity index (χ2v) is 10.3. The fourth-order valence-corrected chi connectivity index (χ4v) is 4.03. The van der Waals surface area contributed by atoms with Crippen molar-refractivity contribution in [2.75, 3.05) is 12.9 Å². The van der Waals surface area contributed by atoms with Crippen molar-refractivity contribution >= 4 is 37.9 Å². The minimum Gasteiger partial charge on any atom is -0.494 e. The molecule has 0 spiro atoms. The molecule has 0 radical (unpaired) electrons. The Morgan fingerprint density at radius 2 is 1.81 bits per heavy atom. The van der Waals surface area contributed by atoms with Gasteiger partial charge >= 0.3 is 16.2 Å². The Bertz CT molecular complexity index is 1100. The van der Waals surface area contributed by atoms with Gasteiger partial charge in [-0.2, -0.15) is 8.42 Å².